The van der Waals surface area contributed by atoms with E-state index < -0.39 is 0 Å². The number of aromatic nitrogens is 5. The van der Waals surface area contributed by atoms with Gasteiger partial charge in [-0.15, -0.1) is 11.3 Å². The van der Waals surface area contributed by atoms with Crippen molar-refractivity contribution in [2.24, 2.45) is 0 Å². The van der Waals surface area contributed by atoms with Crippen LogP contribution < -0.4 is 10.3 Å². The summed E-state index contributed by atoms with van der Waals surface area (Å²) in [6.07, 6.45) is 3.25. The highest BCUT2D eigenvalue weighted by Crippen LogP contribution is 2.27. The topological polar surface area (TPSA) is 82.8 Å². The second-order valence-corrected chi connectivity index (χ2v) is 9.51. The van der Waals surface area contributed by atoms with Gasteiger partial charge in [-0.2, -0.15) is 0 Å². The van der Waals surface area contributed by atoms with Gasteiger partial charge in [0.2, 0.25) is 0 Å². The molecule has 4 aromatic rings. The summed E-state index contributed by atoms with van der Waals surface area (Å²) < 4.78 is 7.49. The van der Waals surface area contributed by atoms with E-state index in [2.05, 4.69) is 19.9 Å². The monoisotopic (exact) mass is 481 g/mol. The molecule has 0 radical (unpaired) electrons. The third-order valence-electron chi connectivity index (χ3n) is 5.16. The zero-order chi connectivity index (χ0) is 23.7. The summed E-state index contributed by atoms with van der Waals surface area (Å²) in [6, 6.07) is 5.42. The Hall–Kier alpha value is -3.10. The molecule has 0 atom stereocenters. The van der Waals surface area contributed by atoms with E-state index in [1.54, 1.807) is 47.4 Å². The zero-order valence-corrected chi connectivity index (χ0v) is 20.7. The SMILES string of the molecule is Cc1nc(COc2cc(C)n(-c3cc(-c4ccnc(C(C)C)n4)ncc3Cl)c(=O)c2C)cs1. The van der Waals surface area contributed by atoms with E-state index in [0.29, 0.717) is 45.7 Å². The summed E-state index contributed by atoms with van der Waals surface area (Å²) in [5.74, 6) is 1.44. The maximum Gasteiger partial charge on any atom is 0.261 e. The van der Waals surface area contributed by atoms with Crippen molar-refractivity contribution in [3.63, 3.8) is 0 Å². The number of ether oxygens (including phenoxy) is 1. The van der Waals surface area contributed by atoms with Crippen molar-refractivity contribution in [3.8, 4) is 22.8 Å². The van der Waals surface area contributed by atoms with Gasteiger partial charge in [0.05, 0.1) is 38.4 Å². The number of rotatable bonds is 6. The molecule has 170 valence electrons. The Morgan fingerprint density at radius 2 is 1.91 bits per heavy atom. The molecule has 0 aliphatic heterocycles. The van der Waals surface area contributed by atoms with E-state index in [9.17, 15) is 4.79 Å². The fourth-order valence-corrected chi connectivity index (χ4v) is 4.19. The van der Waals surface area contributed by atoms with Gasteiger partial charge >= 0.3 is 0 Å². The van der Waals surface area contributed by atoms with E-state index >= 15 is 0 Å². The lowest BCUT2D eigenvalue weighted by Crippen LogP contribution is -2.24. The second kappa shape index (κ2) is 9.41. The molecule has 0 aliphatic rings. The Balaban J connectivity index is 1.73. The maximum absolute atomic E-state index is 13.3. The van der Waals surface area contributed by atoms with Crippen LogP contribution in [0, 0.1) is 20.8 Å². The minimum atomic E-state index is -0.205. The molecule has 4 aromatic heterocycles. The highest BCUT2D eigenvalue weighted by molar-refractivity contribution is 7.09. The van der Waals surface area contributed by atoms with E-state index in [1.165, 1.54) is 0 Å². The van der Waals surface area contributed by atoms with E-state index in [1.807, 2.05) is 39.1 Å². The third-order valence-corrected chi connectivity index (χ3v) is 6.27. The van der Waals surface area contributed by atoms with Crippen LogP contribution in [0.5, 0.6) is 5.75 Å². The zero-order valence-electron chi connectivity index (χ0n) is 19.1. The van der Waals surface area contributed by atoms with Gasteiger partial charge in [0.1, 0.15) is 18.2 Å². The summed E-state index contributed by atoms with van der Waals surface area (Å²) in [6.45, 7) is 9.91. The molecule has 0 fully saturated rings. The second-order valence-electron chi connectivity index (χ2n) is 8.04. The number of halogens is 1. The lowest BCUT2D eigenvalue weighted by Gasteiger charge is -2.16. The van der Waals surface area contributed by atoms with Crippen LogP contribution in [0.25, 0.3) is 17.1 Å². The van der Waals surface area contributed by atoms with Crippen LogP contribution in [0.1, 0.15) is 47.5 Å². The molecular weight excluding hydrogens is 458 g/mol. The molecule has 0 aromatic carbocycles. The first-order chi connectivity index (χ1) is 15.7. The largest absolute Gasteiger partial charge is 0.487 e. The highest BCUT2D eigenvalue weighted by atomic mass is 35.5. The lowest BCUT2D eigenvalue weighted by atomic mass is 10.1. The van der Waals surface area contributed by atoms with Crippen molar-refractivity contribution in [2.75, 3.05) is 0 Å². The molecule has 4 heterocycles. The molecule has 0 aliphatic carbocycles. The maximum atomic E-state index is 13.3. The quantitative estimate of drug-likeness (QED) is 0.365. The van der Waals surface area contributed by atoms with Gasteiger partial charge in [-0.25, -0.2) is 15.0 Å². The van der Waals surface area contributed by atoms with Crippen LogP contribution in [0.4, 0.5) is 0 Å². The Labute approximate surface area is 201 Å². The number of thiazole rings is 1. The van der Waals surface area contributed by atoms with Gasteiger partial charge < -0.3 is 4.74 Å². The molecule has 0 N–H and O–H groups in total. The summed E-state index contributed by atoms with van der Waals surface area (Å²) in [7, 11) is 0. The normalized spacial score (nSPS) is 11.2. The van der Waals surface area contributed by atoms with Gasteiger partial charge in [-0.3, -0.25) is 14.3 Å². The molecule has 0 unspecified atom stereocenters. The lowest BCUT2D eigenvalue weighted by molar-refractivity contribution is 0.298. The van der Waals surface area contributed by atoms with Gasteiger partial charge in [0, 0.05) is 35.5 Å². The smallest absolute Gasteiger partial charge is 0.261 e. The standard InChI is InChI=1S/C24H24ClN5O2S/c1-13(2)23-26-7-6-19(29-23)20-9-21(18(25)10-27-20)30-14(3)8-22(15(4)24(30)31)32-11-17-12-33-16(5)28-17/h6-10,12-13H,11H2,1-5H3. The Kier molecular flexibility index (Phi) is 6.58. The van der Waals surface area contributed by atoms with Crippen LogP contribution in [0.2, 0.25) is 5.02 Å². The highest BCUT2D eigenvalue weighted by Gasteiger charge is 2.17. The van der Waals surface area contributed by atoms with Crippen molar-refractivity contribution < 1.29 is 4.74 Å². The number of nitrogens with zero attached hydrogens (tertiary/aromatic N) is 5. The minimum absolute atomic E-state index is 0.185. The van der Waals surface area contributed by atoms with Gasteiger partial charge in [0.15, 0.2) is 0 Å². The molecule has 0 bridgehead atoms. The van der Waals surface area contributed by atoms with Crippen molar-refractivity contribution in [2.45, 2.75) is 47.1 Å². The molecule has 9 heteroatoms. The number of pyridine rings is 2. The molecule has 0 amide bonds. The average molecular weight is 482 g/mol. The van der Waals surface area contributed by atoms with Crippen LogP contribution >= 0.6 is 22.9 Å². The molecule has 0 saturated carbocycles. The molecule has 33 heavy (non-hydrogen) atoms. The van der Waals surface area contributed by atoms with Crippen molar-refractivity contribution in [1.29, 1.82) is 0 Å². The number of hydrogen-bond acceptors (Lipinski definition) is 7. The Morgan fingerprint density at radius 1 is 1.12 bits per heavy atom. The molecule has 0 spiro atoms. The summed E-state index contributed by atoms with van der Waals surface area (Å²) in [5, 5.41) is 3.30. The predicted molar refractivity (Wildman–Crippen MR) is 131 cm³/mol. The van der Waals surface area contributed by atoms with Gasteiger partial charge in [0.25, 0.3) is 5.56 Å². The summed E-state index contributed by atoms with van der Waals surface area (Å²) >= 11 is 8.05. The first-order valence-corrected chi connectivity index (χ1v) is 11.8. The Bertz CT molecular complexity index is 1380. The van der Waals surface area contributed by atoms with E-state index in [-0.39, 0.29) is 11.5 Å². The first kappa shape index (κ1) is 23.1. The van der Waals surface area contributed by atoms with E-state index in [0.717, 1.165) is 16.5 Å². The fourth-order valence-electron chi connectivity index (χ4n) is 3.41. The summed E-state index contributed by atoms with van der Waals surface area (Å²) in [5.41, 5.74) is 3.65. The number of aryl methyl sites for hydroxylation is 2. The van der Waals surface area contributed by atoms with Crippen molar-refractivity contribution in [3.05, 3.63) is 79.1 Å². The third kappa shape index (κ3) is 4.82. The van der Waals surface area contributed by atoms with Crippen LogP contribution in [0.3, 0.4) is 0 Å². The molecule has 4 rings (SSSR count). The van der Waals surface area contributed by atoms with E-state index in [4.69, 9.17) is 16.3 Å². The summed E-state index contributed by atoms with van der Waals surface area (Å²) in [4.78, 5) is 31.1. The molecule has 7 nitrogen and oxygen atoms in total. The van der Waals surface area contributed by atoms with Crippen LogP contribution in [-0.2, 0) is 6.61 Å². The first-order valence-electron chi connectivity index (χ1n) is 10.5. The Morgan fingerprint density at radius 3 is 2.61 bits per heavy atom. The predicted octanol–water partition coefficient (Wildman–Crippen LogP) is 5.43. The fraction of sp³-hybridized carbons (Fsp3) is 0.292. The molecule has 0 saturated heterocycles. The minimum Gasteiger partial charge on any atom is -0.487 e. The van der Waals surface area contributed by atoms with Crippen LogP contribution in [0.15, 0.2) is 40.8 Å². The average Bonchev–Trinajstić information content (AvgIpc) is 3.21. The van der Waals surface area contributed by atoms with Crippen molar-refractivity contribution in [1.82, 2.24) is 24.5 Å². The van der Waals surface area contributed by atoms with Gasteiger partial charge in [-0.1, -0.05) is 25.4 Å². The van der Waals surface area contributed by atoms with Crippen molar-refractivity contribution >= 4 is 22.9 Å². The van der Waals surface area contributed by atoms with Gasteiger partial charge in [-0.05, 0) is 32.9 Å². The van der Waals surface area contributed by atoms with Crippen LogP contribution in [-0.4, -0.2) is 24.5 Å². The number of hydrogen-bond donors (Lipinski definition) is 0. The molecular formula is C24H24ClN5O2S.